The Kier molecular flexibility index (Phi) is 11.5. The van der Waals surface area contributed by atoms with E-state index in [-0.39, 0.29) is 40.6 Å². The van der Waals surface area contributed by atoms with Gasteiger partial charge in [-0.05, 0) is 97.3 Å². The van der Waals surface area contributed by atoms with Crippen LogP contribution in [0, 0.1) is 5.82 Å². The van der Waals surface area contributed by atoms with Crippen molar-refractivity contribution in [1.29, 1.82) is 0 Å². The zero-order chi connectivity index (χ0) is 44.0. The summed E-state index contributed by atoms with van der Waals surface area (Å²) in [7, 11) is 0. The van der Waals surface area contributed by atoms with Gasteiger partial charge in [0.05, 0.1) is 16.6 Å². The van der Waals surface area contributed by atoms with Crippen LogP contribution >= 0.6 is 23.2 Å². The van der Waals surface area contributed by atoms with E-state index in [1.807, 2.05) is 24.3 Å². The number of benzene rings is 4. The molecule has 4 atom stereocenters. The molecule has 0 aromatic heterocycles. The number of hydrogen-bond acceptors (Lipinski definition) is 8. The van der Waals surface area contributed by atoms with Crippen molar-refractivity contribution in [2.24, 2.45) is 0 Å². The van der Waals surface area contributed by atoms with E-state index < -0.39 is 46.6 Å². The van der Waals surface area contributed by atoms with E-state index in [1.165, 1.54) is 11.0 Å². The molecule has 1 unspecified atom stereocenters. The van der Waals surface area contributed by atoms with Crippen molar-refractivity contribution < 1.29 is 33.2 Å². The highest BCUT2D eigenvalue weighted by Crippen LogP contribution is 2.63. The van der Waals surface area contributed by atoms with Crippen LogP contribution in [0.15, 0.2) is 78.9 Å². The number of nitrogens with one attached hydrogen (secondary N) is 6. The Labute approximate surface area is 373 Å². The minimum Gasteiger partial charge on any atom is -0.384 e. The van der Waals surface area contributed by atoms with Crippen molar-refractivity contribution in [1.82, 2.24) is 20.9 Å². The molecule has 6 amide bonds. The van der Waals surface area contributed by atoms with Crippen molar-refractivity contribution in [2.75, 3.05) is 29.0 Å². The summed E-state index contributed by atoms with van der Waals surface area (Å²) in [4.78, 5) is 81.3. The number of nitrogens with zero attached hydrogens (tertiary/aromatic N) is 1. The Bertz CT molecular complexity index is 2550. The van der Waals surface area contributed by atoms with Crippen LogP contribution < -0.4 is 31.9 Å². The van der Waals surface area contributed by atoms with Gasteiger partial charge in [0.1, 0.15) is 17.3 Å². The fourth-order valence-electron chi connectivity index (χ4n) is 10.7. The molecule has 13 nitrogen and oxygen atoms in total. The van der Waals surface area contributed by atoms with Gasteiger partial charge in [-0.2, -0.15) is 0 Å². The summed E-state index contributed by atoms with van der Waals surface area (Å²) in [6.07, 6.45) is 5.61. The second-order valence-electron chi connectivity index (χ2n) is 17.0. The van der Waals surface area contributed by atoms with Gasteiger partial charge in [-0.3, -0.25) is 39.4 Å². The molecule has 1 saturated carbocycles. The molecule has 4 heterocycles. The second-order valence-corrected chi connectivity index (χ2v) is 17.9. The zero-order valence-electron chi connectivity index (χ0n) is 34.3. The van der Waals surface area contributed by atoms with Crippen LogP contribution in [0.1, 0.15) is 101 Å². The van der Waals surface area contributed by atoms with Crippen LogP contribution in [0.5, 0.6) is 0 Å². The summed E-state index contributed by atoms with van der Waals surface area (Å²) in [6.45, 7) is 1.24. The number of piperidine rings is 1. The first kappa shape index (κ1) is 42.5. The number of amides is 6. The molecule has 2 saturated heterocycles. The quantitative estimate of drug-likeness (QED) is 0.0704. The largest absolute Gasteiger partial charge is 0.384 e. The van der Waals surface area contributed by atoms with Crippen molar-refractivity contribution in [3.63, 3.8) is 0 Å². The number of anilines is 3. The van der Waals surface area contributed by atoms with Gasteiger partial charge in [0.15, 0.2) is 0 Å². The second kappa shape index (κ2) is 17.0. The van der Waals surface area contributed by atoms with Crippen LogP contribution in [0.4, 0.5) is 21.5 Å². The summed E-state index contributed by atoms with van der Waals surface area (Å²) in [5, 5.41) is 18.6. The summed E-state index contributed by atoms with van der Waals surface area (Å²) in [6, 6.07) is 20.2. The third kappa shape index (κ3) is 7.41. The van der Waals surface area contributed by atoms with Crippen molar-refractivity contribution in [3.8, 4) is 0 Å². The van der Waals surface area contributed by atoms with Gasteiger partial charge >= 0.3 is 0 Å². The molecule has 4 aliphatic heterocycles. The lowest BCUT2D eigenvalue weighted by atomic mass is 9.55. The predicted molar refractivity (Wildman–Crippen MR) is 236 cm³/mol. The fourth-order valence-corrected chi connectivity index (χ4v) is 11.0. The van der Waals surface area contributed by atoms with E-state index in [2.05, 4.69) is 31.9 Å². The van der Waals surface area contributed by atoms with Crippen molar-refractivity contribution in [2.45, 2.75) is 93.3 Å². The van der Waals surface area contributed by atoms with E-state index >= 15 is 4.39 Å². The summed E-state index contributed by atoms with van der Waals surface area (Å²) >= 11 is 12.8. The summed E-state index contributed by atoms with van der Waals surface area (Å²) in [5.74, 6) is -3.77. The lowest BCUT2D eigenvalue weighted by Crippen LogP contribution is -2.60. The molecule has 6 N–H and O–H groups in total. The number of fused-ring (bicyclic) bond motifs is 4. The molecule has 9 rings (SSSR count). The average molecular weight is 895 g/mol. The molecule has 5 aliphatic rings. The van der Waals surface area contributed by atoms with Gasteiger partial charge in [0.2, 0.25) is 23.6 Å². The van der Waals surface area contributed by atoms with Crippen molar-refractivity contribution in [3.05, 3.63) is 123 Å². The summed E-state index contributed by atoms with van der Waals surface area (Å²) in [5.41, 5.74) is 1.94. The number of hydrogen-bond donors (Lipinski definition) is 6. The Morgan fingerprint density at radius 1 is 0.873 bits per heavy atom. The standard InChI is InChI=1S/C47H46Cl2FN7O6/c48-28-14-17-31-34(24-28)54-45(63)47(31)38(30-9-7-10-32(49)39(30)50)40(56-46(47)20-2-1-3-21-46)43(61)53-29-15-12-26(13-16-29)41(59)52-23-5-4-22-51-33-11-6-8-27-25-57(44(62)37(27)33)35-18-19-36(58)55-42(35)60/h6-17,24,35,38,40,51,56H,1-5,18-23,25H2,(H,52,59)(H,53,61)(H,54,63)(H,55,58,60)/t35?,38-,40+,47+/m0/s1. The number of imide groups is 1. The Hall–Kier alpha value is -5.83. The normalized spacial score (nSPS) is 23.3. The zero-order valence-corrected chi connectivity index (χ0v) is 35.8. The SMILES string of the molecule is O=C1CCC(N2Cc3cccc(NCCCCNC(=O)c4ccc(NC(=O)[C@@H]5NC6(CCCCC6)[C@@]6(C(=O)Nc7cc(Cl)ccc76)[C@H]5c5cccc(Cl)c5F)cc4)c3C2=O)C(=O)N1. The minimum atomic E-state index is -1.36. The molecular formula is C47H46Cl2FN7O6. The van der Waals surface area contributed by atoms with Gasteiger partial charge in [0, 0.05) is 65.2 Å². The molecule has 3 fully saturated rings. The van der Waals surface area contributed by atoms with Gasteiger partial charge in [-0.25, -0.2) is 4.39 Å². The Balaban J connectivity index is 0.838. The maximum atomic E-state index is 16.2. The maximum absolute atomic E-state index is 16.2. The topological polar surface area (TPSA) is 178 Å². The fraction of sp³-hybridized carbons (Fsp3) is 0.362. The highest BCUT2D eigenvalue weighted by atomic mass is 35.5. The van der Waals surface area contributed by atoms with Gasteiger partial charge in [0.25, 0.3) is 11.8 Å². The lowest BCUT2D eigenvalue weighted by molar-refractivity contribution is -0.137. The van der Waals surface area contributed by atoms with Crippen LogP contribution in [-0.2, 0) is 31.1 Å². The molecule has 1 aliphatic carbocycles. The van der Waals surface area contributed by atoms with Gasteiger partial charge in [-0.1, -0.05) is 72.8 Å². The van der Waals surface area contributed by atoms with Crippen LogP contribution in [-0.4, -0.2) is 71.1 Å². The first-order valence-electron chi connectivity index (χ1n) is 21.4. The highest BCUT2D eigenvalue weighted by Gasteiger charge is 2.72. The minimum absolute atomic E-state index is 0.110. The highest BCUT2D eigenvalue weighted by molar-refractivity contribution is 6.31. The molecule has 326 valence electrons. The third-order valence-corrected chi connectivity index (χ3v) is 14.0. The number of unbranched alkanes of at least 4 members (excludes halogenated alkanes) is 1. The average Bonchev–Trinajstić information content (AvgIpc) is 3.87. The molecular weight excluding hydrogens is 848 g/mol. The smallest absolute Gasteiger partial charge is 0.257 e. The molecule has 0 radical (unpaired) electrons. The van der Waals surface area contributed by atoms with E-state index in [0.717, 1.165) is 24.8 Å². The van der Waals surface area contributed by atoms with E-state index in [0.29, 0.717) is 90.5 Å². The van der Waals surface area contributed by atoms with E-state index in [4.69, 9.17) is 23.2 Å². The maximum Gasteiger partial charge on any atom is 0.257 e. The molecule has 2 spiro atoms. The number of carbonyl (C=O) groups is 6. The van der Waals surface area contributed by atoms with Crippen LogP contribution in [0.3, 0.4) is 0 Å². The lowest BCUT2D eigenvalue weighted by Gasteiger charge is -2.47. The molecule has 0 bridgehead atoms. The van der Waals surface area contributed by atoms with Gasteiger partial charge in [-0.15, -0.1) is 0 Å². The predicted octanol–water partition coefficient (Wildman–Crippen LogP) is 6.80. The van der Waals surface area contributed by atoms with Gasteiger partial charge < -0.3 is 26.2 Å². The molecule has 4 aromatic carbocycles. The number of carbonyl (C=O) groups excluding carboxylic acids is 6. The Morgan fingerprint density at radius 2 is 1.63 bits per heavy atom. The monoisotopic (exact) mass is 893 g/mol. The first-order valence-corrected chi connectivity index (χ1v) is 22.2. The molecule has 16 heteroatoms. The molecule has 4 aromatic rings. The third-order valence-electron chi connectivity index (χ3n) is 13.5. The Morgan fingerprint density at radius 3 is 2.41 bits per heavy atom. The first-order chi connectivity index (χ1) is 30.4. The van der Waals surface area contributed by atoms with Crippen LogP contribution in [0.25, 0.3) is 0 Å². The number of halogens is 3. The number of rotatable bonds is 11. The molecule has 63 heavy (non-hydrogen) atoms. The van der Waals surface area contributed by atoms with Crippen LogP contribution in [0.2, 0.25) is 10.0 Å². The van der Waals surface area contributed by atoms with Crippen molar-refractivity contribution >= 4 is 75.7 Å². The van der Waals surface area contributed by atoms with E-state index in [1.54, 1.807) is 48.5 Å². The summed E-state index contributed by atoms with van der Waals surface area (Å²) < 4.78 is 16.2. The van der Waals surface area contributed by atoms with E-state index in [9.17, 15) is 28.8 Å².